The molecular weight excluding hydrogens is 284 g/mol. The third-order valence-electron chi connectivity index (χ3n) is 4.47. The second-order valence-corrected chi connectivity index (χ2v) is 7.71. The van der Waals surface area contributed by atoms with E-state index in [4.69, 9.17) is 4.98 Å². The summed E-state index contributed by atoms with van der Waals surface area (Å²) in [6, 6.07) is 8.80. The summed E-state index contributed by atoms with van der Waals surface area (Å²) in [6.07, 6.45) is 4.80. The van der Waals surface area contributed by atoms with Crippen molar-refractivity contribution in [3.8, 4) is 0 Å². The molecule has 0 spiro atoms. The van der Waals surface area contributed by atoms with Gasteiger partial charge in [0.1, 0.15) is 5.01 Å². The SMILES string of the molecule is CNC1(c2nc3c(s2)CCC3)CCSc2ccccc21. The van der Waals surface area contributed by atoms with Crippen LogP contribution in [0.4, 0.5) is 0 Å². The number of nitrogens with one attached hydrogen (secondary N) is 1. The maximum Gasteiger partial charge on any atom is 0.118 e. The highest BCUT2D eigenvalue weighted by Gasteiger charge is 2.40. The van der Waals surface area contributed by atoms with Crippen LogP contribution in [-0.2, 0) is 18.4 Å². The topological polar surface area (TPSA) is 24.9 Å². The van der Waals surface area contributed by atoms with Crippen molar-refractivity contribution in [1.82, 2.24) is 10.3 Å². The second-order valence-electron chi connectivity index (χ2n) is 5.49. The van der Waals surface area contributed by atoms with Crippen LogP contribution >= 0.6 is 23.1 Å². The summed E-state index contributed by atoms with van der Waals surface area (Å²) in [5.74, 6) is 1.15. The highest BCUT2D eigenvalue weighted by atomic mass is 32.2. The Balaban J connectivity index is 1.88. The lowest BCUT2D eigenvalue weighted by Crippen LogP contribution is -2.43. The molecule has 0 fully saturated rings. The molecule has 20 heavy (non-hydrogen) atoms. The van der Waals surface area contributed by atoms with E-state index in [9.17, 15) is 0 Å². The minimum atomic E-state index is -0.0726. The van der Waals surface area contributed by atoms with Crippen LogP contribution in [0.2, 0.25) is 0 Å². The highest BCUT2D eigenvalue weighted by molar-refractivity contribution is 7.99. The summed E-state index contributed by atoms with van der Waals surface area (Å²) in [4.78, 5) is 7.93. The second kappa shape index (κ2) is 4.86. The normalized spacial score (nSPS) is 24.4. The number of aromatic nitrogens is 1. The number of fused-ring (bicyclic) bond motifs is 2. The van der Waals surface area contributed by atoms with Crippen LogP contribution in [0.5, 0.6) is 0 Å². The van der Waals surface area contributed by atoms with E-state index in [-0.39, 0.29) is 5.54 Å². The molecule has 0 amide bonds. The van der Waals surface area contributed by atoms with Gasteiger partial charge in [0.05, 0.1) is 11.2 Å². The molecule has 4 heteroatoms. The third kappa shape index (κ3) is 1.78. The highest BCUT2D eigenvalue weighted by Crippen LogP contribution is 2.46. The average molecular weight is 302 g/mol. The van der Waals surface area contributed by atoms with Crippen LogP contribution < -0.4 is 5.32 Å². The predicted octanol–water partition coefficient (Wildman–Crippen LogP) is 3.59. The molecule has 1 aliphatic heterocycles. The summed E-state index contributed by atoms with van der Waals surface area (Å²) >= 11 is 3.90. The molecule has 0 bridgehead atoms. The Labute approximate surface area is 128 Å². The molecule has 2 aliphatic rings. The third-order valence-corrected chi connectivity index (χ3v) is 6.86. The summed E-state index contributed by atoms with van der Waals surface area (Å²) in [6.45, 7) is 0. The van der Waals surface area contributed by atoms with Crippen LogP contribution in [0.3, 0.4) is 0 Å². The van der Waals surface area contributed by atoms with Crippen molar-refractivity contribution in [2.75, 3.05) is 12.8 Å². The summed E-state index contributed by atoms with van der Waals surface area (Å²) in [5, 5.41) is 4.89. The standard InChI is InChI=1S/C16H18N2S2/c1-17-16(15-18-12-6-4-8-14(12)20-15)9-10-19-13-7-3-2-5-11(13)16/h2-3,5,7,17H,4,6,8-10H2,1H3. The first kappa shape index (κ1) is 12.9. The van der Waals surface area contributed by atoms with Crippen LogP contribution in [0, 0.1) is 0 Å². The molecule has 1 N–H and O–H groups in total. The Morgan fingerprint density at radius 1 is 1.25 bits per heavy atom. The van der Waals surface area contributed by atoms with Gasteiger partial charge < -0.3 is 5.32 Å². The minimum Gasteiger partial charge on any atom is -0.305 e. The van der Waals surface area contributed by atoms with Crippen LogP contribution in [0.15, 0.2) is 29.2 Å². The number of hydrogen-bond acceptors (Lipinski definition) is 4. The van der Waals surface area contributed by atoms with E-state index in [1.807, 2.05) is 23.1 Å². The Hall–Kier alpha value is -0.840. The number of thioether (sulfide) groups is 1. The van der Waals surface area contributed by atoms with Gasteiger partial charge in [0.2, 0.25) is 0 Å². The van der Waals surface area contributed by atoms with Gasteiger partial charge in [-0.15, -0.1) is 23.1 Å². The van der Waals surface area contributed by atoms with Crippen molar-refractivity contribution < 1.29 is 0 Å². The van der Waals surface area contributed by atoms with Gasteiger partial charge in [-0.3, -0.25) is 0 Å². The zero-order valence-electron chi connectivity index (χ0n) is 11.6. The number of thiazole rings is 1. The molecule has 2 aromatic rings. The van der Waals surface area contributed by atoms with Gasteiger partial charge in [0.15, 0.2) is 0 Å². The van der Waals surface area contributed by atoms with Gasteiger partial charge in [-0.2, -0.15) is 0 Å². The molecule has 1 unspecified atom stereocenters. The number of nitrogens with zero attached hydrogens (tertiary/aromatic N) is 1. The molecule has 1 aromatic heterocycles. The lowest BCUT2D eigenvalue weighted by atomic mass is 9.87. The fourth-order valence-electron chi connectivity index (χ4n) is 3.36. The van der Waals surface area contributed by atoms with Gasteiger partial charge in [0.25, 0.3) is 0 Å². The fourth-order valence-corrected chi connectivity index (χ4v) is 5.95. The smallest absolute Gasteiger partial charge is 0.118 e. The Morgan fingerprint density at radius 3 is 3.00 bits per heavy atom. The number of aryl methyl sites for hydroxylation is 2. The zero-order valence-corrected chi connectivity index (χ0v) is 13.2. The Kier molecular flexibility index (Phi) is 3.13. The van der Waals surface area contributed by atoms with E-state index in [0.717, 1.165) is 12.2 Å². The van der Waals surface area contributed by atoms with Gasteiger partial charge >= 0.3 is 0 Å². The first-order valence-electron chi connectivity index (χ1n) is 7.24. The van der Waals surface area contributed by atoms with E-state index in [2.05, 4.69) is 36.6 Å². The molecule has 0 saturated carbocycles. The van der Waals surface area contributed by atoms with Crippen LogP contribution in [0.1, 0.15) is 34.0 Å². The fraction of sp³-hybridized carbons (Fsp3) is 0.438. The van der Waals surface area contributed by atoms with Crippen LogP contribution in [0.25, 0.3) is 0 Å². The quantitative estimate of drug-likeness (QED) is 0.917. The van der Waals surface area contributed by atoms with Crippen molar-refractivity contribution in [1.29, 1.82) is 0 Å². The van der Waals surface area contributed by atoms with Crippen molar-refractivity contribution >= 4 is 23.1 Å². The van der Waals surface area contributed by atoms with Crippen molar-refractivity contribution in [3.05, 3.63) is 45.4 Å². The molecular formula is C16H18N2S2. The van der Waals surface area contributed by atoms with Gasteiger partial charge in [-0.1, -0.05) is 18.2 Å². The molecule has 0 radical (unpaired) electrons. The van der Waals surface area contributed by atoms with Gasteiger partial charge in [-0.05, 0) is 44.4 Å². The lowest BCUT2D eigenvalue weighted by Gasteiger charge is -2.37. The van der Waals surface area contributed by atoms with Crippen molar-refractivity contribution in [3.63, 3.8) is 0 Å². The lowest BCUT2D eigenvalue weighted by molar-refractivity contribution is 0.411. The van der Waals surface area contributed by atoms with E-state index in [0.29, 0.717) is 0 Å². The summed E-state index contributed by atoms with van der Waals surface area (Å²) in [7, 11) is 2.08. The van der Waals surface area contributed by atoms with Crippen LogP contribution in [-0.4, -0.2) is 17.8 Å². The van der Waals surface area contributed by atoms with E-state index < -0.39 is 0 Å². The molecule has 1 aliphatic carbocycles. The maximum absolute atomic E-state index is 5.00. The molecule has 1 aromatic carbocycles. The van der Waals surface area contributed by atoms with E-state index in [1.165, 1.54) is 45.3 Å². The molecule has 4 rings (SSSR count). The van der Waals surface area contributed by atoms with Gasteiger partial charge in [-0.25, -0.2) is 4.98 Å². The number of rotatable bonds is 2. The summed E-state index contributed by atoms with van der Waals surface area (Å²) in [5.41, 5.74) is 2.69. The molecule has 104 valence electrons. The molecule has 0 saturated heterocycles. The number of benzene rings is 1. The first-order chi connectivity index (χ1) is 9.83. The van der Waals surface area contributed by atoms with Crippen molar-refractivity contribution in [2.45, 2.75) is 36.1 Å². The monoisotopic (exact) mass is 302 g/mol. The zero-order chi connectivity index (χ0) is 13.6. The molecule has 2 heterocycles. The number of hydrogen-bond donors (Lipinski definition) is 1. The average Bonchev–Trinajstić information content (AvgIpc) is 3.08. The Bertz CT molecular complexity index is 628. The first-order valence-corrected chi connectivity index (χ1v) is 9.04. The molecule has 2 nitrogen and oxygen atoms in total. The predicted molar refractivity (Wildman–Crippen MR) is 85.8 cm³/mol. The van der Waals surface area contributed by atoms with E-state index >= 15 is 0 Å². The largest absolute Gasteiger partial charge is 0.305 e. The van der Waals surface area contributed by atoms with Crippen molar-refractivity contribution in [2.24, 2.45) is 0 Å². The Morgan fingerprint density at radius 2 is 2.15 bits per heavy atom. The maximum atomic E-state index is 5.00. The minimum absolute atomic E-state index is 0.0726. The van der Waals surface area contributed by atoms with Gasteiger partial charge in [0, 0.05) is 15.5 Å². The molecule has 1 atom stereocenters. The van der Waals surface area contributed by atoms with E-state index in [1.54, 1.807) is 0 Å². The summed E-state index contributed by atoms with van der Waals surface area (Å²) < 4.78 is 0.